The molecule has 1 saturated carbocycles. The molecule has 1 heterocycles. The summed E-state index contributed by atoms with van der Waals surface area (Å²) in [6.45, 7) is 1.89. The lowest BCUT2D eigenvalue weighted by Gasteiger charge is -2.32. The van der Waals surface area contributed by atoms with Crippen molar-refractivity contribution in [2.75, 3.05) is 13.1 Å². The fourth-order valence-corrected chi connectivity index (χ4v) is 3.69. The quantitative estimate of drug-likeness (QED) is 0.898. The van der Waals surface area contributed by atoms with Gasteiger partial charge in [-0.15, -0.1) is 0 Å². The van der Waals surface area contributed by atoms with Crippen molar-refractivity contribution in [1.29, 1.82) is 0 Å². The Morgan fingerprint density at radius 1 is 1.19 bits per heavy atom. The Hall–Kier alpha value is -1.42. The third-order valence-corrected chi connectivity index (χ3v) is 4.92. The van der Waals surface area contributed by atoms with Crippen LogP contribution in [0.5, 0.6) is 0 Å². The van der Waals surface area contributed by atoms with Crippen LogP contribution >= 0.6 is 0 Å². The molecule has 2 N–H and O–H groups in total. The molecule has 1 aromatic rings. The van der Waals surface area contributed by atoms with Crippen LogP contribution in [-0.2, 0) is 10.2 Å². The van der Waals surface area contributed by atoms with Crippen molar-refractivity contribution in [2.45, 2.75) is 50.0 Å². The zero-order chi connectivity index (χ0) is 14.7. The fourth-order valence-electron chi connectivity index (χ4n) is 3.69. The number of carbonyl (C=O) groups is 1. The summed E-state index contributed by atoms with van der Waals surface area (Å²) < 4.78 is 13.2. The number of nitrogens with one attached hydrogen (secondary N) is 2. The van der Waals surface area contributed by atoms with Crippen molar-refractivity contribution in [3.63, 3.8) is 0 Å². The van der Waals surface area contributed by atoms with Gasteiger partial charge in [0.15, 0.2) is 0 Å². The Labute approximate surface area is 125 Å². The highest BCUT2D eigenvalue weighted by molar-refractivity contribution is 5.88. The van der Waals surface area contributed by atoms with Crippen molar-refractivity contribution in [2.24, 2.45) is 0 Å². The lowest BCUT2D eigenvalue weighted by Crippen LogP contribution is -2.51. The van der Waals surface area contributed by atoms with Gasteiger partial charge in [0.25, 0.3) is 0 Å². The van der Waals surface area contributed by atoms with Crippen molar-refractivity contribution >= 4 is 5.91 Å². The lowest BCUT2D eigenvalue weighted by molar-refractivity contribution is -0.127. The smallest absolute Gasteiger partial charge is 0.230 e. The second-order valence-electron chi connectivity index (χ2n) is 6.31. The first kappa shape index (κ1) is 14.5. The van der Waals surface area contributed by atoms with E-state index >= 15 is 0 Å². The topological polar surface area (TPSA) is 41.1 Å². The minimum atomic E-state index is -0.453. The largest absolute Gasteiger partial charge is 0.351 e. The van der Waals surface area contributed by atoms with Gasteiger partial charge >= 0.3 is 0 Å². The number of carbonyl (C=O) groups excluding carboxylic acids is 1. The number of hydrogen-bond donors (Lipinski definition) is 2. The zero-order valence-electron chi connectivity index (χ0n) is 12.3. The normalized spacial score (nSPS) is 24.7. The van der Waals surface area contributed by atoms with Gasteiger partial charge in [-0.25, -0.2) is 4.39 Å². The summed E-state index contributed by atoms with van der Waals surface area (Å²) in [6, 6.07) is 6.71. The van der Waals surface area contributed by atoms with Crippen LogP contribution in [-0.4, -0.2) is 25.0 Å². The Bertz CT molecular complexity index is 488. The molecule has 0 radical (unpaired) electrons. The molecule has 1 unspecified atom stereocenters. The molecule has 1 saturated heterocycles. The number of amides is 1. The summed E-state index contributed by atoms with van der Waals surface area (Å²) in [7, 11) is 0. The van der Waals surface area contributed by atoms with Crippen molar-refractivity contribution < 1.29 is 9.18 Å². The van der Waals surface area contributed by atoms with E-state index in [1.54, 1.807) is 12.1 Å². The molecule has 0 spiro atoms. The molecule has 2 aliphatic rings. The predicted octanol–water partition coefficient (Wildman–Crippen LogP) is 2.51. The highest BCUT2D eigenvalue weighted by atomic mass is 19.1. The maximum Gasteiger partial charge on any atom is 0.230 e. The van der Waals surface area contributed by atoms with Gasteiger partial charge in [0.1, 0.15) is 5.82 Å². The molecule has 3 nitrogen and oxygen atoms in total. The SMILES string of the molecule is O=C(NC1CCCNC1)C1(c2ccc(F)cc2)CCCC1. The van der Waals surface area contributed by atoms with Crippen LogP contribution in [0.2, 0.25) is 0 Å². The standard InChI is InChI=1S/C17H23FN2O/c18-14-7-5-13(6-8-14)17(9-1-2-10-17)16(21)20-15-4-3-11-19-12-15/h5-8,15,19H,1-4,9-12H2,(H,20,21). The van der Waals surface area contributed by atoms with Gasteiger partial charge in [-0.2, -0.15) is 0 Å². The molecule has 1 atom stereocenters. The third-order valence-electron chi connectivity index (χ3n) is 4.92. The molecule has 0 bridgehead atoms. The number of halogens is 1. The Kier molecular flexibility index (Phi) is 4.24. The summed E-state index contributed by atoms with van der Waals surface area (Å²) in [5.41, 5.74) is 0.508. The highest BCUT2D eigenvalue weighted by Gasteiger charge is 2.43. The van der Waals surface area contributed by atoms with Gasteiger partial charge in [-0.1, -0.05) is 25.0 Å². The summed E-state index contributed by atoms with van der Waals surface area (Å²) in [6.07, 6.45) is 6.00. The van der Waals surface area contributed by atoms with Crippen LogP contribution < -0.4 is 10.6 Å². The van der Waals surface area contributed by atoms with Gasteiger partial charge in [0.2, 0.25) is 5.91 Å². The minimum Gasteiger partial charge on any atom is -0.351 e. The molecule has 1 aromatic carbocycles. The second kappa shape index (κ2) is 6.14. The Morgan fingerprint density at radius 3 is 2.52 bits per heavy atom. The van der Waals surface area contributed by atoms with E-state index in [4.69, 9.17) is 0 Å². The average Bonchev–Trinajstić information content (AvgIpc) is 3.00. The van der Waals surface area contributed by atoms with Gasteiger partial charge in [0.05, 0.1) is 5.41 Å². The zero-order valence-corrected chi connectivity index (χ0v) is 12.3. The summed E-state index contributed by atoms with van der Waals surface area (Å²) >= 11 is 0. The Morgan fingerprint density at radius 2 is 1.90 bits per heavy atom. The van der Waals surface area contributed by atoms with Crippen LogP contribution in [0.4, 0.5) is 4.39 Å². The molecule has 4 heteroatoms. The maximum atomic E-state index is 13.2. The molecular formula is C17H23FN2O. The summed E-state index contributed by atoms with van der Waals surface area (Å²) in [4.78, 5) is 12.9. The molecule has 3 rings (SSSR count). The van der Waals surface area contributed by atoms with Crippen LogP contribution in [0.15, 0.2) is 24.3 Å². The molecule has 1 aliphatic carbocycles. The van der Waals surface area contributed by atoms with Gasteiger partial charge in [-0.05, 0) is 49.9 Å². The summed E-state index contributed by atoms with van der Waals surface area (Å²) in [5, 5.41) is 6.55. The average molecular weight is 290 g/mol. The van der Waals surface area contributed by atoms with E-state index in [1.807, 2.05) is 0 Å². The van der Waals surface area contributed by atoms with E-state index in [9.17, 15) is 9.18 Å². The van der Waals surface area contributed by atoms with Crippen LogP contribution in [0.3, 0.4) is 0 Å². The van der Waals surface area contributed by atoms with Crippen LogP contribution in [0.1, 0.15) is 44.1 Å². The molecule has 114 valence electrons. The fraction of sp³-hybridized carbons (Fsp3) is 0.588. The molecule has 1 aliphatic heterocycles. The number of piperidine rings is 1. The highest BCUT2D eigenvalue weighted by Crippen LogP contribution is 2.41. The number of rotatable bonds is 3. The van der Waals surface area contributed by atoms with Crippen molar-refractivity contribution in [1.82, 2.24) is 10.6 Å². The predicted molar refractivity (Wildman–Crippen MR) is 80.6 cm³/mol. The van der Waals surface area contributed by atoms with E-state index in [1.165, 1.54) is 12.1 Å². The van der Waals surface area contributed by atoms with E-state index in [0.717, 1.165) is 57.2 Å². The summed E-state index contributed by atoms with van der Waals surface area (Å²) in [5.74, 6) is -0.121. The first-order chi connectivity index (χ1) is 10.2. The lowest BCUT2D eigenvalue weighted by atomic mass is 9.77. The van der Waals surface area contributed by atoms with Crippen LogP contribution in [0.25, 0.3) is 0 Å². The molecular weight excluding hydrogens is 267 g/mol. The van der Waals surface area contributed by atoms with Gasteiger partial charge < -0.3 is 10.6 Å². The molecule has 2 fully saturated rings. The maximum absolute atomic E-state index is 13.2. The van der Waals surface area contributed by atoms with Gasteiger partial charge in [-0.3, -0.25) is 4.79 Å². The Balaban J connectivity index is 1.79. The van der Waals surface area contributed by atoms with E-state index in [2.05, 4.69) is 10.6 Å². The minimum absolute atomic E-state index is 0.125. The first-order valence-electron chi connectivity index (χ1n) is 7.98. The first-order valence-corrected chi connectivity index (χ1v) is 7.98. The second-order valence-corrected chi connectivity index (χ2v) is 6.31. The van der Waals surface area contributed by atoms with E-state index < -0.39 is 5.41 Å². The van der Waals surface area contributed by atoms with Crippen LogP contribution in [0, 0.1) is 5.82 Å². The molecule has 21 heavy (non-hydrogen) atoms. The molecule has 1 amide bonds. The monoisotopic (exact) mass is 290 g/mol. The van der Waals surface area contributed by atoms with Crippen molar-refractivity contribution in [3.05, 3.63) is 35.6 Å². The number of benzene rings is 1. The molecule has 0 aromatic heterocycles. The van der Waals surface area contributed by atoms with Crippen molar-refractivity contribution in [3.8, 4) is 0 Å². The van der Waals surface area contributed by atoms with Gasteiger partial charge in [0, 0.05) is 12.6 Å². The number of hydrogen-bond acceptors (Lipinski definition) is 2. The van der Waals surface area contributed by atoms with E-state index in [0.29, 0.717) is 0 Å². The van der Waals surface area contributed by atoms with E-state index in [-0.39, 0.29) is 17.8 Å². The third kappa shape index (κ3) is 2.95.